The van der Waals surface area contributed by atoms with Crippen molar-refractivity contribution in [1.29, 1.82) is 0 Å². The maximum absolute atomic E-state index is 12.2. The number of hydrogen-bond acceptors (Lipinski definition) is 3. The molecule has 4 nitrogen and oxygen atoms in total. The molecule has 2 aliphatic rings. The Balaban J connectivity index is 1.57. The van der Waals surface area contributed by atoms with Crippen LogP contribution in [0.25, 0.3) is 0 Å². The van der Waals surface area contributed by atoms with Crippen LogP contribution in [0.15, 0.2) is 36.4 Å². The quantitative estimate of drug-likeness (QED) is 0.634. The summed E-state index contributed by atoms with van der Waals surface area (Å²) in [5, 5.41) is 0.642. The summed E-state index contributed by atoms with van der Waals surface area (Å²) in [4.78, 5) is 25.8. The molecule has 110 valence electrons. The minimum Gasteiger partial charge on any atom is -0.492 e. The van der Waals surface area contributed by atoms with Gasteiger partial charge in [0.25, 0.3) is 0 Å². The molecule has 0 bridgehead atoms. The van der Waals surface area contributed by atoms with Gasteiger partial charge in [0.15, 0.2) is 0 Å². The molecule has 1 aromatic rings. The molecular weight excluding hydrogens is 290 g/mol. The number of likely N-dealkylation sites (tertiary alicyclic amines) is 1. The number of halogens is 1. The van der Waals surface area contributed by atoms with E-state index in [4.69, 9.17) is 16.3 Å². The van der Waals surface area contributed by atoms with Gasteiger partial charge in [0, 0.05) is 5.02 Å². The molecule has 1 aliphatic heterocycles. The number of benzene rings is 1. The molecule has 1 fully saturated rings. The van der Waals surface area contributed by atoms with E-state index >= 15 is 0 Å². The second-order valence-electron chi connectivity index (χ2n) is 5.29. The molecule has 2 atom stereocenters. The van der Waals surface area contributed by atoms with Crippen molar-refractivity contribution >= 4 is 23.4 Å². The van der Waals surface area contributed by atoms with Crippen molar-refractivity contribution in [3.8, 4) is 5.75 Å². The molecule has 5 heteroatoms. The Morgan fingerprint density at radius 3 is 2.19 bits per heavy atom. The van der Waals surface area contributed by atoms with Gasteiger partial charge < -0.3 is 4.74 Å². The zero-order valence-electron chi connectivity index (χ0n) is 11.5. The summed E-state index contributed by atoms with van der Waals surface area (Å²) < 4.78 is 5.55. The molecule has 1 aromatic carbocycles. The Morgan fingerprint density at radius 1 is 1.05 bits per heavy atom. The number of imide groups is 1. The normalized spacial score (nSPS) is 24.3. The predicted molar refractivity (Wildman–Crippen MR) is 79.0 cm³/mol. The summed E-state index contributed by atoms with van der Waals surface area (Å²) in [5.41, 5.74) is 0. The van der Waals surface area contributed by atoms with Crippen LogP contribution in [0.3, 0.4) is 0 Å². The van der Waals surface area contributed by atoms with Crippen molar-refractivity contribution in [3.63, 3.8) is 0 Å². The lowest BCUT2D eigenvalue weighted by atomic mass is 9.85. The Hall–Kier alpha value is -1.81. The van der Waals surface area contributed by atoms with E-state index < -0.39 is 0 Å². The standard InChI is InChI=1S/C16H16ClNO3/c17-11-5-7-12(8-6-11)21-10-9-18-15(19)13-3-1-2-4-14(13)16(18)20/h1-2,5-8,13-14H,3-4,9-10H2/t13-,14+. The number of rotatable bonds is 4. The molecule has 0 N–H and O–H groups in total. The van der Waals surface area contributed by atoms with Gasteiger partial charge >= 0.3 is 0 Å². The largest absolute Gasteiger partial charge is 0.492 e. The van der Waals surface area contributed by atoms with E-state index in [0.717, 1.165) is 0 Å². The molecule has 1 aliphatic carbocycles. The van der Waals surface area contributed by atoms with E-state index in [1.54, 1.807) is 24.3 Å². The van der Waals surface area contributed by atoms with Crippen LogP contribution >= 0.6 is 11.6 Å². The number of carbonyl (C=O) groups is 2. The number of ether oxygens (including phenoxy) is 1. The van der Waals surface area contributed by atoms with E-state index in [1.165, 1.54) is 4.90 Å². The van der Waals surface area contributed by atoms with Crippen molar-refractivity contribution < 1.29 is 14.3 Å². The summed E-state index contributed by atoms with van der Waals surface area (Å²) in [6, 6.07) is 7.01. The van der Waals surface area contributed by atoms with E-state index in [2.05, 4.69) is 0 Å². The van der Waals surface area contributed by atoms with Crippen molar-refractivity contribution in [3.05, 3.63) is 41.4 Å². The highest BCUT2D eigenvalue weighted by Gasteiger charge is 2.46. The topological polar surface area (TPSA) is 46.6 Å². The van der Waals surface area contributed by atoms with Gasteiger partial charge in [-0.15, -0.1) is 0 Å². The van der Waals surface area contributed by atoms with Crippen LogP contribution in [0, 0.1) is 11.8 Å². The molecule has 0 radical (unpaired) electrons. The van der Waals surface area contributed by atoms with Crippen molar-refractivity contribution in [2.75, 3.05) is 13.2 Å². The van der Waals surface area contributed by atoms with Crippen molar-refractivity contribution in [1.82, 2.24) is 4.90 Å². The Morgan fingerprint density at radius 2 is 1.62 bits per heavy atom. The van der Waals surface area contributed by atoms with Crippen LogP contribution in [0.2, 0.25) is 5.02 Å². The third-order valence-corrected chi connectivity index (χ3v) is 4.25. The number of hydrogen-bond donors (Lipinski definition) is 0. The monoisotopic (exact) mass is 305 g/mol. The fraction of sp³-hybridized carbons (Fsp3) is 0.375. The van der Waals surface area contributed by atoms with Crippen LogP contribution in [-0.2, 0) is 9.59 Å². The third-order valence-electron chi connectivity index (χ3n) is 4.00. The van der Waals surface area contributed by atoms with Gasteiger partial charge in [-0.25, -0.2) is 0 Å². The predicted octanol–water partition coefficient (Wildman–Crippen LogP) is 2.67. The summed E-state index contributed by atoms with van der Waals surface area (Å²) in [6.45, 7) is 0.597. The minimum absolute atomic E-state index is 0.0611. The van der Waals surface area contributed by atoms with Gasteiger partial charge in [0.2, 0.25) is 11.8 Å². The second-order valence-corrected chi connectivity index (χ2v) is 5.72. The summed E-state index contributed by atoms with van der Waals surface area (Å²) in [6.07, 6.45) is 5.31. The molecule has 1 heterocycles. The summed E-state index contributed by atoms with van der Waals surface area (Å²) >= 11 is 5.80. The smallest absolute Gasteiger partial charge is 0.233 e. The van der Waals surface area contributed by atoms with Gasteiger partial charge in [-0.05, 0) is 37.1 Å². The Labute approximate surface area is 128 Å². The lowest BCUT2D eigenvalue weighted by Gasteiger charge is -2.15. The number of fused-ring (bicyclic) bond motifs is 1. The highest BCUT2D eigenvalue weighted by Crippen LogP contribution is 2.34. The lowest BCUT2D eigenvalue weighted by molar-refractivity contribution is -0.140. The molecule has 0 spiro atoms. The van der Waals surface area contributed by atoms with Crippen LogP contribution in [0.5, 0.6) is 5.75 Å². The van der Waals surface area contributed by atoms with Crippen molar-refractivity contribution in [2.24, 2.45) is 11.8 Å². The maximum Gasteiger partial charge on any atom is 0.233 e. The van der Waals surface area contributed by atoms with Crippen molar-refractivity contribution in [2.45, 2.75) is 12.8 Å². The van der Waals surface area contributed by atoms with Gasteiger partial charge in [0.05, 0.1) is 18.4 Å². The molecule has 3 rings (SSSR count). The molecule has 0 aromatic heterocycles. The van der Waals surface area contributed by atoms with Gasteiger partial charge in [-0.1, -0.05) is 23.8 Å². The highest BCUT2D eigenvalue weighted by molar-refractivity contribution is 6.30. The second kappa shape index (κ2) is 5.90. The summed E-state index contributed by atoms with van der Waals surface area (Å²) in [7, 11) is 0. The first-order valence-corrected chi connectivity index (χ1v) is 7.43. The first kappa shape index (κ1) is 14.1. The number of carbonyl (C=O) groups excluding carboxylic acids is 2. The molecule has 21 heavy (non-hydrogen) atoms. The first-order valence-electron chi connectivity index (χ1n) is 7.05. The van der Waals surface area contributed by atoms with E-state index in [9.17, 15) is 9.59 Å². The fourth-order valence-electron chi connectivity index (χ4n) is 2.87. The zero-order valence-corrected chi connectivity index (χ0v) is 12.3. The van der Waals surface area contributed by atoms with E-state index in [-0.39, 0.29) is 23.7 Å². The summed E-state index contributed by atoms with van der Waals surface area (Å²) in [5.74, 6) is 0.219. The maximum atomic E-state index is 12.2. The molecule has 1 saturated heterocycles. The van der Waals surface area contributed by atoms with Crippen LogP contribution in [-0.4, -0.2) is 29.9 Å². The Bertz CT molecular complexity index is 556. The number of allylic oxidation sites excluding steroid dienone is 2. The zero-order chi connectivity index (χ0) is 14.8. The van der Waals surface area contributed by atoms with Gasteiger partial charge in [0.1, 0.15) is 12.4 Å². The van der Waals surface area contributed by atoms with Crippen LogP contribution in [0.1, 0.15) is 12.8 Å². The molecule has 2 amide bonds. The average molecular weight is 306 g/mol. The molecule has 0 saturated carbocycles. The van der Waals surface area contributed by atoms with Crippen LogP contribution in [0.4, 0.5) is 0 Å². The third kappa shape index (κ3) is 2.81. The number of nitrogens with zero attached hydrogens (tertiary/aromatic N) is 1. The highest BCUT2D eigenvalue weighted by atomic mass is 35.5. The van der Waals surface area contributed by atoms with Gasteiger partial charge in [-0.3, -0.25) is 14.5 Å². The van der Waals surface area contributed by atoms with E-state index in [1.807, 2.05) is 12.2 Å². The number of amides is 2. The molecular formula is C16H16ClNO3. The Kier molecular flexibility index (Phi) is 3.97. The molecule has 0 unspecified atom stereocenters. The first-order chi connectivity index (χ1) is 10.2. The van der Waals surface area contributed by atoms with Gasteiger partial charge in [-0.2, -0.15) is 0 Å². The minimum atomic E-state index is -0.168. The van der Waals surface area contributed by atoms with E-state index in [0.29, 0.717) is 36.8 Å². The lowest BCUT2D eigenvalue weighted by Crippen LogP contribution is -2.34. The average Bonchev–Trinajstić information content (AvgIpc) is 2.75. The SMILES string of the molecule is O=C1[C@H]2CC=CC[C@H]2C(=O)N1CCOc1ccc(Cl)cc1. The fourth-order valence-corrected chi connectivity index (χ4v) is 3.00. The van der Waals surface area contributed by atoms with Crippen LogP contribution < -0.4 is 4.74 Å².